The molecule has 1 atom stereocenters. The summed E-state index contributed by atoms with van der Waals surface area (Å²) in [5.41, 5.74) is 0.557. The molecule has 1 saturated heterocycles. The van der Waals surface area contributed by atoms with Gasteiger partial charge in [0.2, 0.25) is 0 Å². The Balaban J connectivity index is 1.97. The zero-order chi connectivity index (χ0) is 11.5. The third kappa shape index (κ3) is 2.45. The predicted octanol–water partition coefficient (Wildman–Crippen LogP) is 1.67. The van der Waals surface area contributed by atoms with Gasteiger partial charge in [-0.25, -0.2) is 4.98 Å². The van der Waals surface area contributed by atoms with Crippen molar-refractivity contribution < 1.29 is 4.79 Å². The molecule has 1 aliphatic heterocycles. The molecule has 0 saturated carbocycles. The van der Waals surface area contributed by atoms with Crippen molar-refractivity contribution in [1.29, 1.82) is 0 Å². The summed E-state index contributed by atoms with van der Waals surface area (Å²) in [4.78, 5) is 18.1. The van der Waals surface area contributed by atoms with Gasteiger partial charge in [0, 0.05) is 31.7 Å². The number of halogens is 1. The molecule has 16 heavy (non-hydrogen) atoms. The van der Waals surface area contributed by atoms with Gasteiger partial charge in [-0.3, -0.25) is 4.79 Å². The number of carbonyl (C=O) groups excluding carboxylic acids is 1. The van der Waals surface area contributed by atoms with Gasteiger partial charge in [-0.1, -0.05) is 15.9 Å². The van der Waals surface area contributed by atoms with Crippen LogP contribution < -0.4 is 0 Å². The van der Waals surface area contributed by atoms with Gasteiger partial charge in [-0.05, 0) is 18.8 Å². The number of nitrogens with zero attached hydrogens (tertiary/aromatic N) is 3. The molecule has 0 aliphatic carbocycles. The van der Waals surface area contributed by atoms with Crippen LogP contribution in [0.3, 0.4) is 0 Å². The van der Waals surface area contributed by atoms with Crippen LogP contribution in [0.25, 0.3) is 0 Å². The van der Waals surface area contributed by atoms with Crippen molar-refractivity contribution in [3.8, 4) is 0 Å². The Morgan fingerprint density at radius 3 is 3.12 bits per heavy atom. The Kier molecular flexibility index (Phi) is 3.63. The summed E-state index contributed by atoms with van der Waals surface area (Å²) in [5, 5.41) is 1.02. The van der Waals surface area contributed by atoms with Crippen molar-refractivity contribution in [2.75, 3.05) is 18.4 Å². The van der Waals surface area contributed by atoms with Gasteiger partial charge >= 0.3 is 0 Å². The number of likely N-dealkylation sites (tertiary alicyclic amines) is 1. The molecule has 1 aromatic rings. The van der Waals surface area contributed by atoms with Crippen molar-refractivity contribution in [2.45, 2.75) is 12.8 Å². The molecule has 1 unspecified atom stereocenters. The van der Waals surface area contributed by atoms with Crippen LogP contribution in [0.15, 0.2) is 12.5 Å². The number of hydrogen-bond donors (Lipinski definition) is 0. The van der Waals surface area contributed by atoms with Crippen LogP contribution >= 0.6 is 15.9 Å². The average Bonchev–Trinajstić information content (AvgIpc) is 2.87. The number of carbonyl (C=O) groups is 1. The SMILES string of the molecule is Cn1cnc(C(=O)N2CCC(CCBr)C2)c1. The standard InChI is InChI=1S/C11H16BrN3O/c1-14-7-10(13-8-14)11(16)15-5-3-9(6-15)2-4-12/h7-9H,2-6H2,1H3. The fourth-order valence-corrected chi connectivity index (χ4v) is 2.74. The van der Waals surface area contributed by atoms with Crippen molar-refractivity contribution in [2.24, 2.45) is 13.0 Å². The fourth-order valence-electron chi connectivity index (χ4n) is 2.09. The van der Waals surface area contributed by atoms with Crippen LogP contribution in [0.1, 0.15) is 23.3 Å². The minimum atomic E-state index is 0.0673. The lowest BCUT2D eigenvalue weighted by Crippen LogP contribution is -2.29. The highest BCUT2D eigenvalue weighted by atomic mass is 79.9. The van der Waals surface area contributed by atoms with Gasteiger partial charge in [0.25, 0.3) is 5.91 Å². The molecule has 5 heteroatoms. The molecule has 2 heterocycles. The first kappa shape index (κ1) is 11.6. The smallest absolute Gasteiger partial charge is 0.274 e. The predicted molar refractivity (Wildman–Crippen MR) is 65.6 cm³/mol. The summed E-state index contributed by atoms with van der Waals surface area (Å²) in [7, 11) is 1.88. The summed E-state index contributed by atoms with van der Waals surface area (Å²) in [6, 6.07) is 0. The highest BCUT2D eigenvalue weighted by Gasteiger charge is 2.27. The summed E-state index contributed by atoms with van der Waals surface area (Å²) in [5.74, 6) is 0.713. The van der Waals surface area contributed by atoms with E-state index in [1.165, 1.54) is 0 Å². The monoisotopic (exact) mass is 285 g/mol. The molecule has 2 rings (SSSR count). The molecule has 1 fully saturated rings. The zero-order valence-electron chi connectivity index (χ0n) is 9.40. The molecule has 0 bridgehead atoms. The molecule has 0 N–H and O–H groups in total. The van der Waals surface area contributed by atoms with E-state index in [1.54, 1.807) is 17.1 Å². The Morgan fingerprint density at radius 2 is 2.50 bits per heavy atom. The Bertz CT molecular complexity index is 377. The number of aryl methyl sites for hydroxylation is 1. The molecule has 1 amide bonds. The Labute approximate surface area is 104 Å². The Morgan fingerprint density at radius 1 is 1.69 bits per heavy atom. The van der Waals surface area contributed by atoms with E-state index in [9.17, 15) is 4.79 Å². The van der Waals surface area contributed by atoms with E-state index in [4.69, 9.17) is 0 Å². The Hall–Kier alpha value is -0.840. The normalized spacial score (nSPS) is 20.4. The summed E-state index contributed by atoms with van der Waals surface area (Å²) in [6.07, 6.45) is 5.70. The first-order valence-electron chi connectivity index (χ1n) is 5.54. The largest absolute Gasteiger partial charge is 0.340 e. The van der Waals surface area contributed by atoms with Crippen LogP contribution in [-0.4, -0.2) is 38.8 Å². The van der Waals surface area contributed by atoms with Gasteiger partial charge in [0.15, 0.2) is 0 Å². The molecular formula is C11H16BrN3O. The fraction of sp³-hybridized carbons (Fsp3) is 0.636. The van der Waals surface area contributed by atoms with Gasteiger partial charge < -0.3 is 9.47 Å². The average molecular weight is 286 g/mol. The number of hydrogen-bond acceptors (Lipinski definition) is 2. The van der Waals surface area contributed by atoms with Crippen LogP contribution in [0, 0.1) is 5.92 Å². The van der Waals surface area contributed by atoms with Crippen LogP contribution in [0.4, 0.5) is 0 Å². The van der Waals surface area contributed by atoms with Crippen molar-refractivity contribution >= 4 is 21.8 Å². The van der Waals surface area contributed by atoms with Gasteiger partial charge in [0.1, 0.15) is 5.69 Å². The number of alkyl halides is 1. The molecular weight excluding hydrogens is 270 g/mol. The molecule has 1 aliphatic rings. The van der Waals surface area contributed by atoms with E-state index in [0.717, 1.165) is 31.3 Å². The lowest BCUT2D eigenvalue weighted by molar-refractivity contribution is 0.0781. The third-order valence-electron chi connectivity index (χ3n) is 3.01. The van der Waals surface area contributed by atoms with E-state index >= 15 is 0 Å². The summed E-state index contributed by atoms with van der Waals surface area (Å²) in [6.45, 7) is 1.74. The van der Waals surface area contributed by atoms with Crippen molar-refractivity contribution in [3.63, 3.8) is 0 Å². The molecule has 4 nitrogen and oxygen atoms in total. The van der Waals surface area contributed by atoms with E-state index in [0.29, 0.717) is 11.6 Å². The van der Waals surface area contributed by atoms with Gasteiger partial charge in [-0.2, -0.15) is 0 Å². The van der Waals surface area contributed by atoms with E-state index in [1.807, 2.05) is 11.9 Å². The summed E-state index contributed by atoms with van der Waals surface area (Å²) >= 11 is 3.45. The molecule has 0 aromatic carbocycles. The number of amides is 1. The first-order chi connectivity index (χ1) is 7.70. The number of rotatable bonds is 3. The maximum Gasteiger partial charge on any atom is 0.274 e. The molecule has 0 radical (unpaired) electrons. The van der Waals surface area contributed by atoms with Crippen molar-refractivity contribution in [1.82, 2.24) is 14.5 Å². The second-order valence-corrected chi connectivity index (χ2v) is 5.10. The second kappa shape index (κ2) is 4.99. The minimum absolute atomic E-state index is 0.0673. The topological polar surface area (TPSA) is 38.1 Å². The third-order valence-corrected chi connectivity index (χ3v) is 3.47. The lowest BCUT2D eigenvalue weighted by Gasteiger charge is -2.14. The van der Waals surface area contributed by atoms with E-state index in [2.05, 4.69) is 20.9 Å². The molecule has 88 valence electrons. The lowest BCUT2D eigenvalue weighted by atomic mass is 10.1. The quantitative estimate of drug-likeness (QED) is 0.793. The van der Waals surface area contributed by atoms with E-state index in [-0.39, 0.29) is 5.91 Å². The highest BCUT2D eigenvalue weighted by molar-refractivity contribution is 9.09. The number of aromatic nitrogens is 2. The second-order valence-electron chi connectivity index (χ2n) is 4.31. The highest BCUT2D eigenvalue weighted by Crippen LogP contribution is 2.21. The van der Waals surface area contributed by atoms with Gasteiger partial charge in [-0.15, -0.1) is 0 Å². The summed E-state index contributed by atoms with van der Waals surface area (Å²) < 4.78 is 1.80. The maximum absolute atomic E-state index is 12.0. The number of imidazole rings is 1. The van der Waals surface area contributed by atoms with Gasteiger partial charge in [0.05, 0.1) is 6.33 Å². The molecule has 0 spiro atoms. The minimum Gasteiger partial charge on any atom is -0.340 e. The maximum atomic E-state index is 12.0. The van der Waals surface area contributed by atoms with Crippen LogP contribution in [-0.2, 0) is 7.05 Å². The van der Waals surface area contributed by atoms with Crippen molar-refractivity contribution in [3.05, 3.63) is 18.2 Å². The first-order valence-corrected chi connectivity index (χ1v) is 6.66. The van der Waals surface area contributed by atoms with E-state index < -0.39 is 0 Å². The van der Waals surface area contributed by atoms with Crippen LogP contribution in [0.2, 0.25) is 0 Å². The zero-order valence-corrected chi connectivity index (χ0v) is 11.0. The molecule has 1 aromatic heterocycles. The van der Waals surface area contributed by atoms with Crippen LogP contribution in [0.5, 0.6) is 0 Å².